The zero-order chi connectivity index (χ0) is 24.5. The quantitative estimate of drug-likeness (QED) is 0.315. The monoisotopic (exact) mass is 463 g/mol. The maximum Gasteiger partial charge on any atom is 0.335 e. The fourth-order valence-corrected chi connectivity index (χ4v) is 4.36. The summed E-state index contributed by atoms with van der Waals surface area (Å²) in [4.78, 5) is 39.7. The molecule has 1 fully saturated rings. The van der Waals surface area contributed by atoms with Gasteiger partial charge in [0.1, 0.15) is 5.57 Å². The Balaban J connectivity index is 1.54. The Kier molecular flexibility index (Phi) is 5.79. The zero-order valence-corrected chi connectivity index (χ0v) is 19.6. The van der Waals surface area contributed by atoms with E-state index in [4.69, 9.17) is 0 Å². The molecule has 5 rings (SSSR count). The number of urea groups is 1. The lowest BCUT2D eigenvalue weighted by Gasteiger charge is -2.26. The maximum atomic E-state index is 13.4. The highest BCUT2D eigenvalue weighted by atomic mass is 16.2. The average molecular weight is 464 g/mol. The van der Waals surface area contributed by atoms with E-state index >= 15 is 0 Å². The van der Waals surface area contributed by atoms with E-state index in [-0.39, 0.29) is 5.57 Å². The number of anilines is 1. The number of rotatable bonds is 5. The van der Waals surface area contributed by atoms with Crippen LogP contribution in [0.2, 0.25) is 0 Å². The van der Waals surface area contributed by atoms with Gasteiger partial charge in [-0.2, -0.15) is 0 Å². The second-order valence-electron chi connectivity index (χ2n) is 8.92. The molecule has 0 radical (unpaired) electrons. The molecular weight excluding hydrogens is 438 g/mol. The number of benzene rings is 3. The van der Waals surface area contributed by atoms with Gasteiger partial charge in [-0.05, 0) is 41.3 Å². The number of carbonyl (C=O) groups excluding carboxylic acids is 3. The van der Waals surface area contributed by atoms with Crippen LogP contribution >= 0.6 is 0 Å². The minimum absolute atomic E-state index is 0.0832. The first-order chi connectivity index (χ1) is 16.9. The number of nitrogens with zero attached hydrogens (tertiary/aromatic N) is 2. The molecule has 1 saturated heterocycles. The molecule has 1 aliphatic heterocycles. The number of amides is 4. The molecule has 0 aliphatic carbocycles. The number of fused-ring (bicyclic) bond motifs is 1. The number of para-hydroxylation sites is 1. The van der Waals surface area contributed by atoms with Crippen LogP contribution in [0.5, 0.6) is 0 Å². The largest absolute Gasteiger partial charge is 0.342 e. The van der Waals surface area contributed by atoms with Gasteiger partial charge in [0.15, 0.2) is 0 Å². The minimum atomic E-state index is -0.749. The van der Waals surface area contributed by atoms with Crippen molar-refractivity contribution in [3.63, 3.8) is 0 Å². The van der Waals surface area contributed by atoms with Gasteiger partial charge in [-0.15, -0.1) is 0 Å². The molecule has 1 aliphatic rings. The van der Waals surface area contributed by atoms with Crippen molar-refractivity contribution in [1.82, 2.24) is 9.88 Å². The average Bonchev–Trinajstić information content (AvgIpc) is 3.19. The van der Waals surface area contributed by atoms with Crippen molar-refractivity contribution in [3.05, 3.63) is 107 Å². The first-order valence-electron chi connectivity index (χ1n) is 11.6. The van der Waals surface area contributed by atoms with Crippen molar-refractivity contribution in [2.24, 2.45) is 0 Å². The van der Waals surface area contributed by atoms with Gasteiger partial charge in [-0.3, -0.25) is 14.9 Å². The van der Waals surface area contributed by atoms with Crippen LogP contribution in [-0.4, -0.2) is 22.4 Å². The Morgan fingerprint density at radius 3 is 2.26 bits per heavy atom. The number of carbonyl (C=O) groups is 3. The summed E-state index contributed by atoms with van der Waals surface area (Å²) < 4.78 is 2.09. The van der Waals surface area contributed by atoms with Gasteiger partial charge >= 0.3 is 6.03 Å². The highest BCUT2D eigenvalue weighted by Crippen LogP contribution is 2.28. The minimum Gasteiger partial charge on any atom is -0.342 e. The predicted octanol–water partition coefficient (Wildman–Crippen LogP) is 5.48. The highest BCUT2D eigenvalue weighted by molar-refractivity contribution is 6.39. The molecule has 0 saturated carbocycles. The smallest absolute Gasteiger partial charge is 0.335 e. The van der Waals surface area contributed by atoms with Gasteiger partial charge in [-0.1, -0.05) is 74.5 Å². The molecule has 6 heteroatoms. The first-order valence-corrected chi connectivity index (χ1v) is 11.6. The summed E-state index contributed by atoms with van der Waals surface area (Å²) in [6.45, 7) is 4.79. The third-order valence-corrected chi connectivity index (χ3v) is 6.23. The molecule has 2 heterocycles. The standard InChI is InChI=1S/C29H25N3O3/c1-19(2)21-12-14-23(15-13-21)32-28(34)25(27(33)30-29(32)35)16-22-18-31(17-20-8-4-3-5-9-20)26-11-7-6-10-24(22)26/h3-16,18-19H,17H2,1-2H3,(H,30,33,35)/b25-16+. The Labute approximate surface area is 203 Å². The van der Waals surface area contributed by atoms with Crippen molar-refractivity contribution < 1.29 is 14.4 Å². The van der Waals surface area contributed by atoms with Gasteiger partial charge in [-0.25, -0.2) is 9.69 Å². The zero-order valence-electron chi connectivity index (χ0n) is 19.6. The second kappa shape index (κ2) is 9.06. The number of imide groups is 2. The summed E-state index contributed by atoms with van der Waals surface area (Å²) in [6, 6.07) is 24.4. The fraction of sp³-hybridized carbons (Fsp3) is 0.138. The Morgan fingerprint density at radius 2 is 1.54 bits per heavy atom. The van der Waals surface area contributed by atoms with Crippen LogP contribution in [0.3, 0.4) is 0 Å². The lowest BCUT2D eigenvalue weighted by atomic mass is 10.0. The van der Waals surface area contributed by atoms with E-state index in [0.29, 0.717) is 18.2 Å². The number of barbiturate groups is 1. The highest BCUT2D eigenvalue weighted by Gasteiger charge is 2.37. The third kappa shape index (κ3) is 4.26. The summed E-state index contributed by atoms with van der Waals surface area (Å²) in [5.41, 5.74) is 4.29. The first kappa shape index (κ1) is 22.3. The van der Waals surface area contributed by atoms with Crippen LogP contribution in [0.4, 0.5) is 10.5 Å². The summed E-state index contributed by atoms with van der Waals surface area (Å²) in [6.07, 6.45) is 3.51. The van der Waals surface area contributed by atoms with Crippen molar-refractivity contribution >= 4 is 40.5 Å². The fourth-order valence-electron chi connectivity index (χ4n) is 4.36. The molecule has 0 atom stereocenters. The van der Waals surface area contributed by atoms with E-state index in [1.165, 1.54) is 0 Å². The Morgan fingerprint density at radius 1 is 0.857 bits per heavy atom. The van der Waals surface area contributed by atoms with Crippen LogP contribution < -0.4 is 10.2 Å². The van der Waals surface area contributed by atoms with E-state index in [9.17, 15) is 14.4 Å². The van der Waals surface area contributed by atoms with Crippen molar-refractivity contribution in [1.29, 1.82) is 0 Å². The molecule has 1 aromatic heterocycles. The normalized spacial score (nSPS) is 15.3. The van der Waals surface area contributed by atoms with Gasteiger partial charge < -0.3 is 4.57 Å². The number of hydrogen-bond acceptors (Lipinski definition) is 3. The van der Waals surface area contributed by atoms with E-state index < -0.39 is 17.8 Å². The van der Waals surface area contributed by atoms with Gasteiger partial charge in [0.25, 0.3) is 11.8 Å². The van der Waals surface area contributed by atoms with E-state index in [1.807, 2.05) is 60.8 Å². The summed E-state index contributed by atoms with van der Waals surface area (Å²) in [5.74, 6) is -1.02. The Bertz CT molecular complexity index is 1460. The van der Waals surface area contributed by atoms with E-state index in [1.54, 1.807) is 18.2 Å². The van der Waals surface area contributed by atoms with Crippen LogP contribution in [-0.2, 0) is 16.1 Å². The van der Waals surface area contributed by atoms with Crippen molar-refractivity contribution in [2.45, 2.75) is 26.3 Å². The summed E-state index contributed by atoms with van der Waals surface area (Å²) in [7, 11) is 0. The molecule has 0 spiro atoms. The molecular formula is C29H25N3O3. The van der Waals surface area contributed by atoms with E-state index in [2.05, 4.69) is 35.9 Å². The molecule has 0 bridgehead atoms. The molecule has 4 aromatic rings. The molecule has 174 valence electrons. The molecule has 0 unspecified atom stereocenters. The Hall–Kier alpha value is -4.45. The predicted molar refractivity (Wildman–Crippen MR) is 137 cm³/mol. The van der Waals surface area contributed by atoms with Gasteiger partial charge in [0.05, 0.1) is 5.69 Å². The SMILES string of the molecule is CC(C)c1ccc(N2C(=O)NC(=O)/C(=C\c3cn(Cc4ccccc4)c4ccccc34)C2=O)cc1. The molecule has 1 N–H and O–H groups in total. The van der Waals surface area contributed by atoms with Crippen LogP contribution in [0, 0.1) is 0 Å². The van der Waals surface area contributed by atoms with Crippen LogP contribution in [0.15, 0.2) is 90.6 Å². The molecule has 6 nitrogen and oxygen atoms in total. The van der Waals surface area contributed by atoms with E-state index in [0.717, 1.165) is 32.5 Å². The number of hydrogen-bond donors (Lipinski definition) is 1. The lowest BCUT2D eigenvalue weighted by molar-refractivity contribution is -0.122. The summed E-state index contributed by atoms with van der Waals surface area (Å²) >= 11 is 0. The van der Waals surface area contributed by atoms with Gasteiger partial charge in [0, 0.05) is 29.2 Å². The molecule has 4 amide bonds. The van der Waals surface area contributed by atoms with Crippen molar-refractivity contribution in [3.8, 4) is 0 Å². The number of nitrogens with one attached hydrogen (secondary N) is 1. The summed E-state index contributed by atoms with van der Waals surface area (Å²) in [5, 5.41) is 3.23. The lowest BCUT2D eigenvalue weighted by Crippen LogP contribution is -2.54. The third-order valence-electron chi connectivity index (χ3n) is 6.23. The molecule has 3 aromatic carbocycles. The van der Waals surface area contributed by atoms with Crippen LogP contribution in [0.25, 0.3) is 17.0 Å². The van der Waals surface area contributed by atoms with Gasteiger partial charge in [0.2, 0.25) is 0 Å². The van der Waals surface area contributed by atoms with Crippen molar-refractivity contribution in [2.75, 3.05) is 4.90 Å². The topological polar surface area (TPSA) is 71.4 Å². The maximum absolute atomic E-state index is 13.4. The van der Waals surface area contributed by atoms with Crippen LogP contribution in [0.1, 0.15) is 36.5 Å². The second-order valence-corrected chi connectivity index (χ2v) is 8.92. The number of aromatic nitrogens is 1. The molecule has 35 heavy (non-hydrogen) atoms.